The van der Waals surface area contributed by atoms with Crippen LogP contribution in [-0.2, 0) is 15.1 Å². The molecule has 1 saturated carbocycles. The predicted molar refractivity (Wildman–Crippen MR) is 95.0 cm³/mol. The average molecular weight is 385 g/mol. The number of benzene rings is 1. The highest BCUT2D eigenvalue weighted by Crippen LogP contribution is 2.32. The molecule has 9 heteroatoms. The van der Waals surface area contributed by atoms with Crippen LogP contribution in [0.3, 0.4) is 0 Å². The van der Waals surface area contributed by atoms with E-state index in [0.29, 0.717) is 18.0 Å². The fourth-order valence-electron chi connectivity index (χ4n) is 3.08. The van der Waals surface area contributed by atoms with Crippen molar-refractivity contribution in [2.45, 2.75) is 31.3 Å². The Kier molecular flexibility index (Phi) is 5.87. The fourth-order valence-corrected chi connectivity index (χ4v) is 3.08. The molecule has 2 aliphatic rings. The van der Waals surface area contributed by atoms with Gasteiger partial charge in [0.15, 0.2) is 0 Å². The summed E-state index contributed by atoms with van der Waals surface area (Å²) >= 11 is 0. The van der Waals surface area contributed by atoms with Gasteiger partial charge in [-0.25, -0.2) is 9.18 Å². The summed E-state index contributed by atoms with van der Waals surface area (Å²) in [5, 5.41) is 5.37. The van der Waals surface area contributed by atoms with Gasteiger partial charge in [0.05, 0.1) is 0 Å². The van der Waals surface area contributed by atoms with Crippen LogP contribution >= 0.6 is 12.4 Å². The van der Waals surface area contributed by atoms with Crippen LogP contribution in [0.1, 0.15) is 25.3 Å². The van der Waals surface area contributed by atoms with E-state index in [4.69, 9.17) is 5.73 Å². The molecule has 2 atom stereocenters. The molecule has 0 spiro atoms. The first kappa shape index (κ1) is 20.1. The molecule has 1 aliphatic carbocycles. The predicted octanol–water partition coefficient (Wildman–Crippen LogP) is 0.868. The Morgan fingerprint density at radius 3 is 2.54 bits per heavy atom. The van der Waals surface area contributed by atoms with Crippen LogP contribution in [0.4, 0.5) is 9.18 Å². The van der Waals surface area contributed by atoms with Crippen molar-refractivity contribution in [3.63, 3.8) is 0 Å². The minimum Gasteiger partial charge on any atom is -0.350 e. The number of rotatable bonds is 6. The summed E-state index contributed by atoms with van der Waals surface area (Å²) in [4.78, 5) is 38.0. The number of imide groups is 1. The Morgan fingerprint density at radius 1 is 1.38 bits per heavy atom. The Balaban J connectivity index is 0.00000243. The van der Waals surface area contributed by atoms with E-state index < -0.39 is 29.2 Å². The van der Waals surface area contributed by atoms with Gasteiger partial charge in [-0.15, -0.1) is 12.4 Å². The Bertz CT molecular complexity index is 710. The minimum absolute atomic E-state index is 0. The van der Waals surface area contributed by atoms with Gasteiger partial charge in [-0.05, 0) is 43.4 Å². The monoisotopic (exact) mass is 384 g/mol. The van der Waals surface area contributed by atoms with E-state index in [2.05, 4.69) is 10.6 Å². The lowest BCUT2D eigenvalue weighted by molar-refractivity contribution is -0.135. The molecule has 0 aromatic heterocycles. The zero-order chi connectivity index (χ0) is 18.2. The van der Waals surface area contributed by atoms with Crippen molar-refractivity contribution < 1.29 is 18.8 Å². The molecule has 7 nitrogen and oxygen atoms in total. The van der Waals surface area contributed by atoms with E-state index in [-0.39, 0.29) is 25.0 Å². The molecule has 1 saturated heterocycles. The van der Waals surface area contributed by atoms with Crippen LogP contribution in [-0.4, -0.2) is 41.9 Å². The average Bonchev–Trinajstić information content (AvgIpc) is 3.39. The molecule has 26 heavy (non-hydrogen) atoms. The van der Waals surface area contributed by atoms with E-state index in [1.54, 1.807) is 0 Å². The van der Waals surface area contributed by atoms with E-state index in [0.717, 1.165) is 17.7 Å². The number of carbonyl (C=O) groups excluding carboxylic acids is 3. The zero-order valence-electron chi connectivity index (χ0n) is 14.3. The van der Waals surface area contributed by atoms with Crippen LogP contribution in [0, 0.1) is 11.7 Å². The largest absolute Gasteiger partial charge is 0.350 e. The van der Waals surface area contributed by atoms with Crippen LogP contribution in [0.5, 0.6) is 0 Å². The Morgan fingerprint density at radius 2 is 2.00 bits per heavy atom. The first-order valence-corrected chi connectivity index (χ1v) is 8.24. The number of hydrogen-bond donors (Lipinski definition) is 3. The Labute approximate surface area is 156 Å². The van der Waals surface area contributed by atoms with Gasteiger partial charge in [0.25, 0.3) is 5.91 Å². The summed E-state index contributed by atoms with van der Waals surface area (Å²) in [7, 11) is 0. The molecule has 1 aliphatic heterocycles. The second-order valence-corrected chi connectivity index (χ2v) is 6.70. The van der Waals surface area contributed by atoms with Crippen LogP contribution < -0.4 is 16.4 Å². The van der Waals surface area contributed by atoms with E-state index in [1.807, 2.05) is 0 Å². The highest BCUT2D eigenvalue weighted by atomic mass is 35.5. The van der Waals surface area contributed by atoms with Crippen molar-refractivity contribution in [2.24, 2.45) is 11.7 Å². The molecule has 1 aromatic carbocycles. The lowest BCUT2D eigenvalue weighted by Gasteiger charge is -2.22. The Hall–Kier alpha value is -2.19. The number of urea groups is 1. The lowest BCUT2D eigenvalue weighted by Crippen LogP contribution is -2.48. The second kappa shape index (κ2) is 7.59. The highest BCUT2D eigenvalue weighted by molar-refractivity contribution is 6.09. The summed E-state index contributed by atoms with van der Waals surface area (Å²) in [5.41, 5.74) is 4.78. The second-order valence-electron chi connectivity index (χ2n) is 6.70. The molecule has 2 fully saturated rings. The molecule has 1 aromatic rings. The van der Waals surface area contributed by atoms with Crippen molar-refractivity contribution in [3.05, 3.63) is 35.6 Å². The summed E-state index contributed by atoms with van der Waals surface area (Å²) in [6.45, 7) is 1.49. The molecule has 0 bridgehead atoms. The number of hydrogen-bond acceptors (Lipinski definition) is 4. The van der Waals surface area contributed by atoms with Gasteiger partial charge in [0.2, 0.25) is 5.91 Å². The topological polar surface area (TPSA) is 105 Å². The maximum absolute atomic E-state index is 13.1. The van der Waals surface area contributed by atoms with Crippen molar-refractivity contribution in [2.75, 3.05) is 13.1 Å². The SMILES string of the molecule is CC1(c2ccc(F)cc2)NC(=O)N(CC(=O)NC(CN)C2CC2)C1=O.Cl. The molecule has 142 valence electrons. The smallest absolute Gasteiger partial charge is 0.325 e. The molecule has 0 radical (unpaired) electrons. The summed E-state index contributed by atoms with van der Waals surface area (Å²) < 4.78 is 13.1. The maximum atomic E-state index is 13.1. The normalized spacial score (nSPS) is 23.3. The van der Waals surface area contributed by atoms with Crippen molar-refractivity contribution in [3.8, 4) is 0 Å². The van der Waals surface area contributed by atoms with E-state index in [1.165, 1.54) is 31.2 Å². The third-order valence-corrected chi connectivity index (χ3v) is 4.79. The van der Waals surface area contributed by atoms with Crippen LogP contribution in [0.25, 0.3) is 0 Å². The third kappa shape index (κ3) is 3.81. The minimum atomic E-state index is -1.32. The van der Waals surface area contributed by atoms with Crippen LogP contribution in [0.2, 0.25) is 0 Å². The van der Waals surface area contributed by atoms with Gasteiger partial charge in [0.1, 0.15) is 17.9 Å². The highest BCUT2D eigenvalue weighted by Gasteiger charge is 2.49. The molecule has 4 N–H and O–H groups in total. The summed E-state index contributed by atoms with van der Waals surface area (Å²) in [6, 6.07) is 4.54. The number of amides is 4. The molecule has 3 rings (SSSR count). The standard InChI is InChI=1S/C17H21FN4O3.ClH/c1-17(11-4-6-12(18)7-5-11)15(24)22(16(25)21-17)9-14(23)20-13(8-19)10-2-3-10;/h4-7,10,13H,2-3,8-9,19H2,1H3,(H,20,23)(H,21,25);1H. The summed E-state index contributed by atoms with van der Waals surface area (Å²) in [6.07, 6.45) is 2.04. The first-order chi connectivity index (χ1) is 11.8. The first-order valence-electron chi connectivity index (χ1n) is 8.24. The van der Waals surface area contributed by atoms with Crippen molar-refractivity contribution in [1.82, 2.24) is 15.5 Å². The molecular formula is C17H22ClFN4O3. The van der Waals surface area contributed by atoms with Gasteiger partial charge in [-0.2, -0.15) is 0 Å². The van der Waals surface area contributed by atoms with Gasteiger partial charge in [-0.1, -0.05) is 12.1 Å². The molecular weight excluding hydrogens is 363 g/mol. The third-order valence-electron chi connectivity index (χ3n) is 4.79. The van der Waals surface area contributed by atoms with Gasteiger partial charge in [0, 0.05) is 12.6 Å². The quantitative estimate of drug-likeness (QED) is 0.633. The maximum Gasteiger partial charge on any atom is 0.325 e. The van der Waals surface area contributed by atoms with Gasteiger partial charge in [-0.3, -0.25) is 14.5 Å². The fraction of sp³-hybridized carbons (Fsp3) is 0.471. The van der Waals surface area contributed by atoms with Crippen LogP contribution in [0.15, 0.2) is 24.3 Å². The zero-order valence-corrected chi connectivity index (χ0v) is 15.1. The van der Waals surface area contributed by atoms with Gasteiger partial charge < -0.3 is 16.4 Å². The van der Waals surface area contributed by atoms with Crippen molar-refractivity contribution >= 4 is 30.3 Å². The van der Waals surface area contributed by atoms with E-state index >= 15 is 0 Å². The number of halogens is 2. The summed E-state index contributed by atoms with van der Waals surface area (Å²) in [5.74, 6) is -1.03. The van der Waals surface area contributed by atoms with Crippen molar-refractivity contribution in [1.29, 1.82) is 0 Å². The van der Waals surface area contributed by atoms with Gasteiger partial charge >= 0.3 is 6.03 Å². The number of carbonyl (C=O) groups is 3. The molecule has 2 unspecified atom stereocenters. The number of nitrogens with zero attached hydrogens (tertiary/aromatic N) is 1. The van der Waals surface area contributed by atoms with E-state index in [9.17, 15) is 18.8 Å². The molecule has 1 heterocycles. The number of nitrogens with two attached hydrogens (primary N) is 1. The number of nitrogens with one attached hydrogen (secondary N) is 2. The lowest BCUT2D eigenvalue weighted by atomic mass is 9.92. The molecule has 4 amide bonds.